The minimum absolute atomic E-state index is 0.0665. The average Bonchev–Trinajstić information content (AvgIpc) is 3.28. The van der Waals surface area contributed by atoms with E-state index in [1.54, 1.807) is 12.2 Å². The van der Waals surface area contributed by atoms with Gasteiger partial charge in [-0.15, -0.1) is 6.42 Å². The highest BCUT2D eigenvalue weighted by atomic mass is 19.1. The number of halogens is 2. The van der Waals surface area contributed by atoms with Crippen molar-refractivity contribution in [3.05, 3.63) is 92.5 Å². The van der Waals surface area contributed by atoms with Crippen LogP contribution in [-0.4, -0.2) is 0 Å². The molecule has 4 aliphatic rings. The lowest BCUT2D eigenvalue weighted by Crippen LogP contribution is -2.36. The molecular formula is C36H36F2. The molecule has 38 heavy (non-hydrogen) atoms. The van der Waals surface area contributed by atoms with E-state index in [0.717, 1.165) is 36.8 Å². The summed E-state index contributed by atoms with van der Waals surface area (Å²) >= 11 is 0. The Bertz CT molecular complexity index is 1540. The molecule has 0 saturated heterocycles. The predicted molar refractivity (Wildman–Crippen MR) is 159 cm³/mol. The van der Waals surface area contributed by atoms with Gasteiger partial charge in [0, 0.05) is 12.3 Å². The van der Waals surface area contributed by atoms with Gasteiger partial charge in [0.2, 0.25) is 0 Å². The molecule has 0 aromatic heterocycles. The normalized spacial score (nSPS) is 22.3. The zero-order valence-corrected chi connectivity index (χ0v) is 22.7. The molecule has 0 aliphatic heterocycles. The van der Waals surface area contributed by atoms with Gasteiger partial charge in [-0.2, -0.15) is 0 Å². The fourth-order valence-corrected chi connectivity index (χ4v) is 6.41. The number of hydrogen-bond acceptors (Lipinski definition) is 0. The molecular weight excluding hydrogens is 470 g/mol. The minimum atomic E-state index is -0.158. The minimum Gasteiger partial charge on any atom is -0.212 e. The van der Waals surface area contributed by atoms with Crippen molar-refractivity contribution < 1.29 is 8.78 Å². The van der Waals surface area contributed by atoms with Crippen LogP contribution in [0.3, 0.4) is 0 Å². The molecule has 2 unspecified atom stereocenters. The first-order valence-corrected chi connectivity index (χ1v) is 14.0. The average molecular weight is 507 g/mol. The van der Waals surface area contributed by atoms with E-state index < -0.39 is 0 Å². The van der Waals surface area contributed by atoms with Crippen LogP contribution in [0.5, 0.6) is 0 Å². The van der Waals surface area contributed by atoms with Crippen molar-refractivity contribution in [3.63, 3.8) is 0 Å². The summed E-state index contributed by atoms with van der Waals surface area (Å²) in [5, 5.41) is 2.45. The van der Waals surface area contributed by atoms with E-state index in [0.29, 0.717) is 25.2 Å². The molecule has 0 saturated carbocycles. The van der Waals surface area contributed by atoms with Crippen molar-refractivity contribution in [1.29, 1.82) is 0 Å². The quantitative estimate of drug-likeness (QED) is 0.267. The van der Waals surface area contributed by atoms with Gasteiger partial charge in [0.25, 0.3) is 0 Å². The Hall–Kier alpha value is -3.44. The van der Waals surface area contributed by atoms with Crippen LogP contribution >= 0.6 is 0 Å². The summed E-state index contributed by atoms with van der Waals surface area (Å²) in [6, 6.07) is 0. The molecule has 0 nitrogen and oxygen atoms in total. The Labute approximate surface area is 225 Å². The summed E-state index contributed by atoms with van der Waals surface area (Å²) in [4.78, 5) is 0. The third kappa shape index (κ3) is 4.64. The maximum atomic E-state index is 14.5. The van der Waals surface area contributed by atoms with Crippen molar-refractivity contribution in [2.24, 2.45) is 11.8 Å². The zero-order valence-electron chi connectivity index (χ0n) is 22.7. The Morgan fingerprint density at radius 1 is 1.00 bits per heavy atom. The monoisotopic (exact) mass is 506 g/mol. The van der Waals surface area contributed by atoms with Crippen LogP contribution in [0, 0.1) is 24.2 Å². The van der Waals surface area contributed by atoms with Crippen LogP contribution in [0.15, 0.2) is 59.8 Å². The van der Waals surface area contributed by atoms with Crippen LogP contribution < -0.4 is 10.4 Å². The van der Waals surface area contributed by atoms with Crippen molar-refractivity contribution in [1.82, 2.24) is 0 Å². The summed E-state index contributed by atoms with van der Waals surface area (Å²) in [5.41, 5.74) is 9.47. The lowest BCUT2D eigenvalue weighted by molar-refractivity contribution is 0.495. The number of allylic oxidation sites excluding steroid dienone is 13. The van der Waals surface area contributed by atoms with Gasteiger partial charge < -0.3 is 0 Å². The molecule has 0 radical (unpaired) electrons. The largest absolute Gasteiger partial charge is 0.212 e. The number of fused-ring (bicyclic) bond motifs is 2. The third-order valence-electron chi connectivity index (χ3n) is 8.36. The SMILES string of the molecule is C#C/C=C1\C(C(CC)C/C=C\C)=Cc2c1c(C1=CC=C(F)C(C)C1)c1c(c2C2=CC=C(F)CC2)=CCCC=1. The van der Waals surface area contributed by atoms with E-state index in [-0.39, 0.29) is 17.6 Å². The number of terminal acetylenes is 1. The molecule has 2 heteroatoms. The first-order valence-electron chi connectivity index (χ1n) is 14.0. The number of hydrogen-bond donors (Lipinski definition) is 0. The summed E-state index contributed by atoms with van der Waals surface area (Å²) < 4.78 is 28.5. The third-order valence-corrected chi connectivity index (χ3v) is 8.36. The van der Waals surface area contributed by atoms with Gasteiger partial charge in [0.05, 0.1) is 0 Å². The molecule has 0 heterocycles. The smallest absolute Gasteiger partial charge is 0.103 e. The Morgan fingerprint density at radius 3 is 2.37 bits per heavy atom. The first kappa shape index (κ1) is 26.2. The summed E-state index contributed by atoms with van der Waals surface area (Å²) in [6.45, 7) is 6.25. The van der Waals surface area contributed by atoms with Gasteiger partial charge in [-0.1, -0.05) is 56.2 Å². The lowest BCUT2D eigenvalue weighted by atomic mass is 9.78. The Kier molecular flexibility index (Phi) is 7.66. The summed E-state index contributed by atoms with van der Waals surface area (Å²) in [5.74, 6) is 2.88. The van der Waals surface area contributed by atoms with Crippen molar-refractivity contribution in [2.75, 3.05) is 0 Å². The van der Waals surface area contributed by atoms with Gasteiger partial charge in [0.15, 0.2) is 0 Å². The molecule has 2 atom stereocenters. The fraction of sp³-hybridized carbons (Fsp3) is 0.333. The van der Waals surface area contributed by atoms with Crippen LogP contribution in [0.4, 0.5) is 8.78 Å². The molecule has 1 aromatic rings. The zero-order chi connectivity index (χ0) is 26.8. The lowest BCUT2D eigenvalue weighted by Gasteiger charge is -2.25. The highest BCUT2D eigenvalue weighted by molar-refractivity contribution is 6.03. The van der Waals surface area contributed by atoms with Crippen LogP contribution in [0.2, 0.25) is 0 Å². The van der Waals surface area contributed by atoms with E-state index in [9.17, 15) is 8.78 Å². The van der Waals surface area contributed by atoms with E-state index in [1.165, 1.54) is 43.8 Å². The molecule has 1 aromatic carbocycles. The van der Waals surface area contributed by atoms with Gasteiger partial charge in [-0.3, -0.25) is 0 Å². The molecule has 0 amide bonds. The topological polar surface area (TPSA) is 0 Å². The van der Waals surface area contributed by atoms with Crippen LogP contribution in [0.25, 0.3) is 34.9 Å². The predicted octanol–water partition coefficient (Wildman–Crippen LogP) is 8.75. The molecule has 0 spiro atoms. The maximum absolute atomic E-state index is 14.5. The Balaban J connectivity index is 1.89. The van der Waals surface area contributed by atoms with E-state index in [4.69, 9.17) is 6.42 Å². The van der Waals surface area contributed by atoms with Gasteiger partial charge >= 0.3 is 0 Å². The standard InChI is InChI=1S/C36H36F2/c1-5-8-12-24(7-3)31-22-32-34(25-15-18-27(37)19-16-25)29-13-9-10-14-30(29)35(36(32)28(31)11-6-2)26-17-20-33(38)23(4)21-26/h2,5,8,11,13-15,17-18,20,22-24H,7,9-10,12,16,19,21H2,1,3-4H3/b8-5-,28-11+. The van der Waals surface area contributed by atoms with Crippen LogP contribution in [0.1, 0.15) is 88.0 Å². The summed E-state index contributed by atoms with van der Waals surface area (Å²) in [7, 11) is 0. The molecule has 4 aliphatic carbocycles. The first-order chi connectivity index (χ1) is 18.5. The Morgan fingerprint density at radius 2 is 1.74 bits per heavy atom. The van der Waals surface area contributed by atoms with Gasteiger partial charge in [-0.25, -0.2) is 8.78 Å². The second kappa shape index (κ2) is 11.1. The molecule has 0 bridgehead atoms. The second-order valence-corrected chi connectivity index (χ2v) is 10.7. The second-order valence-electron chi connectivity index (χ2n) is 10.7. The van der Waals surface area contributed by atoms with Crippen LogP contribution in [-0.2, 0) is 0 Å². The number of benzene rings is 1. The van der Waals surface area contributed by atoms with Crippen molar-refractivity contribution >= 4 is 34.9 Å². The summed E-state index contributed by atoms with van der Waals surface area (Å²) in [6.07, 6.45) is 32.1. The van der Waals surface area contributed by atoms with Gasteiger partial charge in [0.1, 0.15) is 11.7 Å². The molecule has 0 fully saturated rings. The van der Waals surface area contributed by atoms with Crippen molar-refractivity contribution in [2.45, 2.75) is 65.7 Å². The highest BCUT2D eigenvalue weighted by Crippen LogP contribution is 2.47. The number of rotatable bonds is 6. The fourth-order valence-electron chi connectivity index (χ4n) is 6.41. The maximum Gasteiger partial charge on any atom is 0.103 e. The van der Waals surface area contributed by atoms with Gasteiger partial charge in [-0.05, 0) is 131 Å². The van der Waals surface area contributed by atoms with E-state index in [1.807, 2.05) is 25.2 Å². The molecule has 194 valence electrons. The van der Waals surface area contributed by atoms with E-state index >= 15 is 0 Å². The molecule has 5 rings (SSSR count). The highest BCUT2D eigenvalue weighted by Gasteiger charge is 2.32. The van der Waals surface area contributed by atoms with Crippen molar-refractivity contribution in [3.8, 4) is 12.3 Å². The van der Waals surface area contributed by atoms with E-state index in [2.05, 4.69) is 50.1 Å². The molecule has 0 N–H and O–H groups in total.